The first-order valence-corrected chi connectivity index (χ1v) is 9.46. The van der Waals surface area contributed by atoms with Crippen molar-refractivity contribution in [1.29, 1.82) is 0 Å². The van der Waals surface area contributed by atoms with Crippen molar-refractivity contribution in [3.05, 3.63) is 32.1 Å². The van der Waals surface area contributed by atoms with Gasteiger partial charge in [0.2, 0.25) is 0 Å². The van der Waals surface area contributed by atoms with Gasteiger partial charge in [0.15, 0.2) is 12.4 Å². The van der Waals surface area contributed by atoms with E-state index in [0.717, 1.165) is 4.90 Å². The number of carboxylic acid groups (broad SMARTS) is 1. The molecule has 2 amide bonds. The number of aliphatic carboxylic acids is 1. The molecule has 0 unspecified atom stereocenters. The molecule has 0 aliphatic carbocycles. The molecular weight excluding hydrogens is 466 g/mol. The smallest absolute Gasteiger partial charge is 0.341 e. The number of esters is 1. The molecule has 8 nitrogen and oxygen atoms in total. The van der Waals surface area contributed by atoms with Crippen LogP contribution in [0, 0.1) is 0 Å². The molecule has 0 atom stereocenters. The fourth-order valence-electron chi connectivity index (χ4n) is 2.06. The van der Waals surface area contributed by atoms with Gasteiger partial charge in [-0.3, -0.25) is 19.3 Å². The molecule has 1 aliphatic rings. The van der Waals surface area contributed by atoms with Crippen LogP contribution in [0.1, 0.15) is 12.5 Å². The van der Waals surface area contributed by atoms with E-state index in [1.54, 1.807) is 13.0 Å². The van der Waals surface area contributed by atoms with E-state index in [2.05, 4.69) is 15.9 Å². The van der Waals surface area contributed by atoms with E-state index in [-0.39, 0.29) is 22.3 Å². The SMILES string of the molecule is CCOC(=O)CN1C(=O)SC(=Cc2cc(Cl)c(OCC(=O)O)c(Br)c2)C1=O. The average molecular weight is 479 g/mol. The van der Waals surface area contributed by atoms with Gasteiger partial charge in [-0.25, -0.2) is 4.79 Å². The number of carbonyl (C=O) groups excluding carboxylic acids is 3. The standard InChI is InChI=1S/C16H13BrClNO7S/c1-2-25-13(22)6-19-15(23)11(27-16(19)24)5-8-3-9(17)14(10(18)4-8)26-7-12(20)21/h3-5H,2,6-7H2,1H3,(H,20,21). The van der Waals surface area contributed by atoms with E-state index in [4.69, 9.17) is 26.2 Å². The summed E-state index contributed by atoms with van der Waals surface area (Å²) >= 11 is 10.0. The van der Waals surface area contributed by atoms with Crippen LogP contribution in [-0.2, 0) is 19.1 Å². The maximum Gasteiger partial charge on any atom is 0.341 e. The molecular formula is C16H13BrClNO7S. The van der Waals surface area contributed by atoms with Gasteiger partial charge in [-0.2, -0.15) is 0 Å². The fraction of sp³-hybridized carbons (Fsp3) is 0.250. The van der Waals surface area contributed by atoms with Crippen LogP contribution in [0.4, 0.5) is 4.79 Å². The largest absolute Gasteiger partial charge is 0.479 e. The molecule has 1 heterocycles. The van der Waals surface area contributed by atoms with Gasteiger partial charge in [0.1, 0.15) is 6.54 Å². The van der Waals surface area contributed by atoms with Gasteiger partial charge in [0.25, 0.3) is 11.1 Å². The number of amides is 2. The molecule has 1 aliphatic heterocycles. The van der Waals surface area contributed by atoms with Crippen LogP contribution >= 0.6 is 39.3 Å². The van der Waals surface area contributed by atoms with Gasteiger partial charge >= 0.3 is 11.9 Å². The number of imide groups is 1. The average Bonchev–Trinajstić information content (AvgIpc) is 2.81. The molecule has 0 aromatic heterocycles. The number of ether oxygens (including phenoxy) is 2. The van der Waals surface area contributed by atoms with E-state index in [1.165, 1.54) is 12.1 Å². The molecule has 0 radical (unpaired) electrons. The van der Waals surface area contributed by atoms with Gasteiger partial charge in [-0.1, -0.05) is 11.6 Å². The zero-order valence-corrected chi connectivity index (χ0v) is 17.0. The van der Waals surface area contributed by atoms with E-state index < -0.39 is 36.2 Å². The monoisotopic (exact) mass is 477 g/mol. The maximum atomic E-state index is 12.3. The summed E-state index contributed by atoms with van der Waals surface area (Å²) in [4.78, 5) is 47.4. The minimum absolute atomic E-state index is 0.117. The molecule has 27 heavy (non-hydrogen) atoms. The molecule has 2 rings (SSSR count). The first-order chi connectivity index (χ1) is 12.7. The highest BCUT2D eigenvalue weighted by Crippen LogP contribution is 2.37. The summed E-state index contributed by atoms with van der Waals surface area (Å²) in [5, 5.41) is 8.22. The van der Waals surface area contributed by atoms with Crippen LogP contribution in [0.15, 0.2) is 21.5 Å². The van der Waals surface area contributed by atoms with Gasteiger partial charge in [-0.15, -0.1) is 0 Å². The summed E-state index contributed by atoms with van der Waals surface area (Å²) in [6.45, 7) is 0.747. The Morgan fingerprint density at radius 3 is 2.67 bits per heavy atom. The number of hydrogen-bond donors (Lipinski definition) is 1. The number of halogens is 2. The summed E-state index contributed by atoms with van der Waals surface area (Å²) in [5.41, 5.74) is 0.483. The Labute approximate surface area is 171 Å². The summed E-state index contributed by atoms with van der Waals surface area (Å²) in [6, 6.07) is 3.02. The number of hydrogen-bond acceptors (Lipinski definition) is 7. The first-order valence-electron chi connectivity index (χ1n) is 7.47. The number of nitrogens with zero attached hydrogens (tertiary/aromatic N) is 1. The minimum atomic E-state index is -1.16. The van der Waals surface area contributed by atoms with Crippen molar-refractivity contribution in [2.75, 3.05) is 19.8 Å². The molecule has 1 aromatic rings. The predicted octanol–water partition coefficient (Wildman–Crippen LogP) is 3.17. The van der Waals surface area contributed by atoms with Gasteiger partial charge in [0.05, 0.1) is 21.0 Å². The van der Waals surface area contributed by atoms with Crippen LogP contribution < -0.4 is 4.74 Å². The Bertz CT molecular complexity index is 819. The predicted molar refractivity (Wildman–Crippen MR) is 102 cm³/mol. The first kappa shape index (κ1) is 21.3. The van der Waals surface area contributed by atoms with Crippen molar-refractivity contribution in [2.24, 2.45) is 0 Å². The molecule has 0 spiro atoms. The van der Waals surface area contributed by atoms with Crippen molar-refractivity contribution in [2.45, 2.75) is 6.92 Å². The molecule has 1 fully saturated rings. The minimum Gasteiger partial charge on any atom is -0.479 e. The highest BCUT2D eigenvalue weighted by Gasteiger charge is 2.36. The number of carbonyl (C=O) groups is 4. The Hall–Kier alpha value is -2.04. The molecule has 144 valence electrons. The molecule has 0 saturated carbocycles. The van der Waals surface area contributed by atoms with Gasteiger partial charge < -0.3 is 14.6 Å². The van der Waals surface area contributed by atoms with Crippen LogP contribution in [-0.4, -0.2) is 52.8 Å². The molecule has 11 heteroatoms. The van der Waals surface area contributed by atoms with E-state index in [0.29, 0.717) is 21.8 Å². The van der Waals surface area contributed by atoms with E-state index in [1.807, 2.05) is 0 Å². The Kier molecular flexibility index (Phi) is 7.28. The lowest BCUT2D eigenvalue weighted by Gasteiger charge is -2.11. The van der Waals surface area contributed by atoms with E-state index >= 15 is 0 Å². The van der Waals surface area contributed by atoms with Crippen LogP contribution in [0.25, 0.3) is 6.08 Å². The lowest BCUT2D eigenvalue weighted by Crippen LogP contribution is -2.34. The second kappa shape index (κ2) is 9.25. The second-order valence-electron chi connectivity index (χ2n) is 5.07. The lowest BCUT2D eigenvalue weighted by atomic mass is 10.2. The third-order valence-electron chi connectivity index (χ3n) is 3.12. The summed E-state index contributed by atoms with van der Waals surface area (Å²) in [5.74, 6) is -2.30. The Morgan fingerprint density at radius 1 is 1.37 bits per heavy atom. The molecule has 1 aromatic carbocycles. The lowest BCUT2D eigenvalue weighted by molar-refractivity contribution is -0.146. The third-order valence-corrected chi connectivity index (χ3v) is 4.90. The zero-order valence-electron chi connectivity index (χ0n) is 13.9. The number of rotatable bonds is 7. The molecule has 1 N–H and O–H groups in total. The number of benzene rings is 1. The number of carboxylic acids is 1. The van der Waals surface area contributed by atoms with Crippen molar-refractivity contribution in [3.8, 4) is 5.75 Å². The van der Waals surface area contributed by atoms with Gasteiger partial charge in [-0.05, 0) is 58.4 Å². The third kappa shape index (κ3) is 5.47. The quantitative estimate of drug-likeness (QED) is 0.470. The normalized spacial score (nSPS) is 15.4. The maximum absolute atomic E-state index is 12.3. The summed E-state index contributed by atoms with van der Waals surface area (Å²) in [7, 11) is 0. The van der Waals surface area contributed by atoms with Crippen molar-refractivity contribution >= 4 is 68.5 Å². The summed E-state index contributed by atoms with van der Waals surface area (Å²) < 4.78 is 10.2. The van der Waals surface area contributed by atoms with Crippen molar-refractivity contribution in [1.82, 2.24) is 4.90 Å². The highest BCUT2D eigenvalue weighted by atomic mass is 79.9. The molecule has 1 saturated heterocycles. The van der Waals surface area contributed by atoms with Crippen LogP contribution in [0.3, 0.4) is 0 Å². The Morgan fingerprint density at radius 2 is 2.07 bits per heavy atom. The Balaban J connectivity index is 2.21. The van der Waals surface area contributed by atoms with E-state index in [9.17, 15) is 19.2 Å². The fourth-order valence-corrected chi connectivity index (χ4v) is 3.89. The van der Waals surface area contributed by atoms with Crippen molar-refractivity contribution < 1.29 is 33.8 Å². The second-order valence-corrected chi connectivity index (χ2v) is 7.32. The number of thioether (sulfide) groups is 1. The summed E-state index contributed by atoms with van der Waals surface area (Å²) in [6.07, 6.45) is 1.44. The van der Waals surface area contributed by atoms with Crippen LogP contribution in [0.2, 0.25) is 5.02 Å². The molecule has 0 bridgehead atoms. The van der Waals surface area contributed by atoms with Gasteiger partial charge in [0, 0.05) is 0 Å². The zero-order chi connectivity index (χ0) is 20.1. The van der Waals surface area contributed by atoms with Crippen LogP contribution in [0.5, 0.6) is 5.75 Å². The highest BCUT2D eigenvalue weighted by molar-refractivity contribution is 9.10. The topological polar surface area (TPSA) is 110 Å². The van der Waals surface area contributed by atoms with Crippen molar-refractivity contribution in [3.63, 3.8) is 0 Å².